The lowest BCUT2D eigenvalue weighted by Gasteiger charge is -2.12. The van der Waals surface area contributed by atoms with E-state index in [9.17, 15) is 8.42 Å². The molecule has 0 saturated carbocycles. The molecule has 0 bridgehead atoms. The van der Waals surface area contributed by atoms with Crippen molar-refractivity contribution in [1.82, 2.24) is 4.98 Å². The van der Waals surface area contributed by atoms with Gasteiger partial charge in [-0.25, -0.2) is 18.5 Å². The number of primary sulfonamides is 1. The van der Waals surface area contributed by atoms with Crippen molar-refractivity contribution >= 4 is 38.1 Å². The van der Waals surface area contributed by atoms with Gasteiger partial charge in [-0.1, -0.05) is 29.0 Å². The van der Waals surface area contributed by atoms with Gasteiger partial charge in [0.05, 0.1) is 12.2 Å². The van der Waals surface area contributed by atoms with E-state index in [1.54, 1.807) is 0 Å². The Balaban J connectivity index is 1.82. The molecule has 1 aromatic carbocycles. The van der Waals surface area contributed by atoms with Crippen LogP contribution in [0.3, 0.4) is 0 Å². The molecule has 1 unspecified atom stereocenters. The Morgan fingerprint density at radius 2 is 2.25 bits per heavy atom. The van der Waals surface area contributed by atoms with E-state index in [1.807, 2.05) is 18.2 Å². The van der Waals surface area contributed by atoms with Gasteiger partial charge in [-0.05, 0) is 36.1 Å². The molecule has 1 aliphatic rings. The SMILES string of the molecule is NS(=O)(=O)c1cnc(NC2CCc3cc(Cl)ccc32)s1. The van der Waals surface area contributed by atoms with Crippen LogP contribution in [-0.2, 0) is 16.4 Å². The van der Waals surface area contributed by atoms with Gasteiger partial charge in [0.1, 0.15) is 0 Å². The highest BCUT2D eigenvalue weighted by molar-refractivity contribution is 7.91. The van der Waals surface area contributed by atoms with Gasteiger partial charge in [0, 0.05) is 5.02 Å². The molecule has 8 heteroatoms. The summed E-state index contributed by atoms with van der Waals surface area (Å²) in [6.45, 7) is 0. The smallest absolute Gasteiger partial charge is 0.249 e. The zero-order valence-corrected chi connectivity index (χ0v) is 12.7. The molecule has 0 aliphatic heterocycles. The zero-order valence-electron chi connectivity index (χ0n) is 10.3. The fraction of sp³-hybridized carbons (Fsp3) is 0.250. The van der Waals surface area contributed by atoms with Crippen LogP contribution in [0, 0.1) is 0 Å². The molecular formula is C12H12ClN3O2S2. The number of fused-ring (bicyclic) bond motifs is 1. The van der Waals surface area contributed by atoms with E-state index in [1.165, 1.54) is 17.3 Å². The number of nitrogens with two attached hydrogens (primary N) is 1. The van der Waals surface area contributed by atoms with Crippen LogP contribution in [0.4, 0.5) is 5.13 Å². The Hall–Kier alpha value is -1.15. The largest absolute Gasteiger partial charge is 0.355 e. The predicted molar refractivity (Wildman–Crippen MR) is 79.6 cm³/mol. The molecule has 3 N–H and O–H groups in total. The van der Waals surface area contributed by atoms with E-state index in [2.05, 4.69) is 10.3 Å². The third kappa shape index (κ3) is 2.67. The summed E-state index contributed by atoms with van der Waals surface area (Å²) >= 11 is 7.02. The van der Waals surface area contributed by atoms with Gasteiger partial charge in [0.25, 0.3) is 0 Å². The van der Waals surface area contributed by atoms with E-state index >= 15 is 0 Å². The fourth-order valence-electron chi connectivity index (χ4n) is 2.34. The lowest BCUT2D eigenvalue weighted by molar-refractivity contribution is 0.599. The zero-order chi connectivity index (χ0) is 14.3. The van der Waals surface area contributed by atoms with E-state index in [-0.39, 0.29) is 10.3 Å². The van der Waals surface area contributed by atoms with Crippen molar-refractivity contribution in [3.8, 4) is 0 Å². The molecule has 2 aromatic rings. The van der Waals surface area contributed by atoms with E-state index in [4.69, 9.17) is 16.7 Å². The summed E-state index contributed by atoms with van der Waals surface area (Å²) in [5.41, 5.74) is 2.40. The molecule has 0 radical (unpaired) electrons. The van der Waals surface area contributed by atoms with Crippen molar-refractivity contribution < 1.29 is 8.42 Å². The molecule has 1 aromatic heterocycles. The minimum atomic E-state index is -3.68. The van der Waals surface area contributed by atoms with Crippen LogP contribution in [0.5, 0.6) is 0 Å². The van der Waals surface area contributed by atoms with Crippen molar-refractivity contribution in [2.75, 3.05) is 5.32 Å². The molecule has 5 nitrogen and oxygen atoms in total. The average molecular weight is 330 g/mol. The molecule has 0 saturated heterocycles. The number of anilines is 1. The Bertz CT molecular complexity index is 758. The van der Waals surface area contributed by atoms with Crippen LogP contribution in [-0.4, -0.2) is 13.4 Å². The van der Waals surface area contributed by atoms with Gasteiger partial charge < -0.3 is 5.32 Å². The van der Waals surface area contributed by atoms with Crippen LogP contribution in [0.15, 0.2) is 28.6 Å². The molecule has 0 spiro atoms. The summed E-state index contributed by atoms with van der Waals surface area (Å²) in [6.07, 6.45) is 3.15. The summed E-state index contributed by atoms with van der Waals surface area (Å²) < 4.78 is 22.5. The molecule has 1 atom stereocenters. The number of hydrogen-bond donors (Lipinski definition) is 2. The maximum Gasteiger partial charge on any atom is 0.249 e. The lowest BCUT2D eigenvalue weighted by Crippen LogP contribution is -2.10. The van der Waals surface area contributed by atoms with Crippen LogP contribution < -0.4 is 10.5 Å². The Kier molecular flexibility index (Phi) is 3.45. The Morgan fingerprint density at radius 1 is 1.45 bits per heavy atom. The molecule has 106 valence electrons. The van der Waals surface area contributed by atoms with E-state index < -0.39 is 10.0 Å². The Morgan fingerprint density at radius 3 is 2.95 bits per heavy atom. The number of aryl methyl sites for hydroxylation is 1. The van der Waals surface area contributed by atoms with Crippen LogP contribution in [0.25, 0.3) is 0 Å². The van der Waals surface area contributed by atoms with Crippen LogP contribution in [0.2, 0.25) is 5.02 Å². The number of thiazole rings is 1. The van der Waals surface area contributed by atoms with Gasteiger partial charge in [-0.15, -0.1) is 0 Å². The highest BCUT2D eigenvalue weighted by atomic mass is 35.5. The van der Waals surface area contributed by atoms with Gasteiger partial charge in [0.2, 0.25) is 10.0 Å². The molecule has 0 fully saturated rings. The summed E-state index contributed by atoms with van der Waals surface area (Å²) in [7, 11) is -3.68. The molecular weight excluding hydrogens is 318 g/mol. The quantitative estimate of drug-likeness (QED) is 0.906. The maximum absolute atomic E-state index is 11.2. The average Bonchev–Trinajstić information content (AvgIpc) is 2.96. The fourth-order valence-corrected chi connectivity index (χ4v) is 4.04. The number of nitrogens with one attached hydrogen (secondary N) is 1. The minimum Gasteiger partial charge on any atom is -0.355 e. The number of aromatic nitrogens is 1. The molecule has 3 rings (SSSR count). The molecule has 1 aliphatic carbocycles. The molecule has 1 heterocycles. The van der Waals surface area contributed by atoms with Crippen molar-refractivity contribution in [2.45, 2.75) is 23.1 Å². The monoisotopic (exact) mass is 329 g/mol. The summed E-state index contributed by atoms with van der Waals surface area (Å²) in [4.78, 5) is 4.06. The van der Waals surface area contributed by atoms with Crippen LogP contribution in [0.1, 0.15) is 23.6 Å². The summed E-state index contributed by atoms with van der Waals surface area (Å²) in [5.74, 6) is 0. The van der Waals surface area contributed by atoms with Crippen molar-refractivity contribution in [1.29, 1.82) is 0 Å². The second-order valence-electron chi connectivity index (χ2n) is 4.61. The van der Waals surface area contributed by atoms with Gasteiger partial charge in [-0.3, -0.25) is 0 Å². The first-order valence-electron chi connectivity index (χ1n) is 5.97. The normalized spacial score (nSPS) is 18.0. The number of benzene rings is 1. The lowest BCUT2D eigenvalue weighted by atomic mass is 10.1. The highest BCUT2D eigenvalue weighted by Crippen LogP contribution is 2.36. The van der Waals surface area contributed by atoms with Gasteiger partial charge in [-0.2, -0.15) is 0 Å². The van der Waals surface area contributed by atoms with Gasteiger partial charge in [0.15, 0.2) is 9.34 Å². The number of halogens is 1. The molecule has 0 amide bonds. The number of sulfonamides is 1. The third-order valence-corrected chi connectivity index (χ3v) is 5.82. The van der Waals surface area contributed by atoms with E-state index in [0.29, 0.717) is 5.13 Å². The second kappa shape index (κ2) is 5.00. The number of nitrogens with zero attached hydrogens (tertiary/aromatic N) is 1. The van der Waals surface area contributed by atoms with E-state index in [0.717, 1.165) is 29.2 Å². The van der Waals surface area contributed by atoms with Crippen molar-refractivity contribution in [2.24, 2.45) is 5.14 Å². The topological polar surface area (TPSA) is 85.1 Å². The first-order valence-corrected chi connectivity index (χ1v) is 8.71. The first-order chi connectivity index (χ1) is 9.43. The Labute approximate surface area is 125 Å². The third-order valence-electron chi connectivity index (χ3n) is 3.25. The van der Waals surface area contributed by atoms with Crippen LogP contribution >= 0.6 is 22.9 Å². The number of hydrogen-bond acceptors (Lipinski definition) is 5. The maximum atomic E-state index is 11.2. The van der Waals surface area contributed by atoms with Crippen molar-refractivity contribution in [3.05, 3.63) is 40.5 Å². The standard InChI is InChI=1S/C12H12ClN3O2S2/c13-8-2-3-9-7(5-8)1-4-10(9)16-12-15-6-11(19-12)20(14,17)18/h2-3,5-6,10H,1,4H2,(H,15,16)(H2,14,17,18). The van der Waals surface area contributed by atoms with Crippen molar-refractivity contribution in [3.63, 3.8) is 0 Å². The predicted octanol–water partition coefficient (Wildman–Crippen LogP) is 2.54. The highest BCUT2D eigenvalue weighted by Gasteiger charge is 2.23. The van der Waals surface area contributed by atoms with Gasteiger partial charge >= 0.3 is 0 Å². The number of rotatable bonds is 3. The molecule has 20 heavy (non-hydrogen) atoms. The second-order valence-corrected chi connectivity index (χ2v) is 7.86. The summed E-state index contributed by atoms with van der Waals surface area (Å²) in [5, 5.41) is 9.61. The minimum absolute atomic E-state index is 0.0642. The first kappa shape index (κ1) is 13.8. The summed E-state index contributed by atoms with van der Waals surface area (Å²) in [6, 6.07) is 5.95.